The van der Waals surface area contributed by atoms with E-state index in [1.54, 1.807) is 20.2 Å². The molecule has 2 heterocycles. The molecule has 1 aromatic carbocycles. The van der Waals surface area contributed by atoms with Crippen LogP contribution in [0.4, 0.5) is 5.82 Å². The van der Waals surface area contributed by atoms with Gasteiger partial charge in [0.25, 0.3) is 5.56 Å². The van der Waals surface area contributed by atoms with E-state index in [-0.39, 0.29) is 5.56 Å². The number of anilines is 1. The van der Waals surface area contributed by atoms with Crippen molar-refractivity contribution in [2.24, 2.45) is 0 Å². The Balaban J connectivity index is 1.54. The number of rotatable bonds is 7. The van der Waals surface area contributed by atoms with Gasteiger partial charge in [-0.1, -0.05) is 0 Å². The van der Waals surface area contributed by atoms with Gasteiger partial charge in [-0.3, -0.25) is 4.79 Å². The van der Waals surface area contributed by atoms with Gasteiger partial charge in [-0.15, -0.1) is 0 Å². The summed E-state index contributed by atoms with van der Waals surface area (Å²) in [6.07, 6.45) is 1.68. The number of aryl methyl sites for hydroxylation is 1. The van der Waals surface area contributed by atoms with Crippen LogP contribution in [0.25, 0.3) is 11.4 Å². The molecule has 0 amide bonds. The highest BCUT2D eigenvalue weighted by Gasteiger charge is 2.06. The number of nitrogens with one attached hydrogen (secondary N) is 2. The van der Waals surface area contributed by atoms with Gasteiger partial charge >= 0.3 is 0 Å². The Kier molecular flexibility index (Phi) is 5.71. The largest absolute Gasteiger partial charge is 0.497 e. The molecule has 0 aliphatic rings. The van der Waals surface area contributed by atoms with Gasteiger partial charge in [0, 0.05) is 23.0 Å². The van der Waals surface area contributed by atoms with Crippen molar-refractivity contribution in [1.82, 2.24) is 15.0 Å². The first-order valence-corrected chi connectivity index (χ1v) is 8.61. The van der Waals surface area contributed by atoms with Crippen molar-refractivity contribution < 1.29 is 9.47 Å². The zero-order valence-electron chi connectivity index (χ0n) is 15.6. The number of hydrogen-bond acceptors (Lipinski definition) is 6. The summed E-state index contributed by atoms with van der Waals surface area (Å²) in [4.78, 5) is 23.4. The molecular formula is C20H22N4O3. The molecule has 140 valence electrons. The molecule has 3 aromatic rings. The second-order valence-corrected chi connectivity index (χ2v) is 6.01. The Bertz CT molecular complexity index is 950. The highest BCUT2D eigenvalue weighted by molar-refractivity contribution is 5.56. The molecular weight excluding hydrogens is 344 g/mol. The molecule has 0 bridgehead atoms. The number of pyridine rings is 1. The highest BCUT2D eigenvalue weighted by atomic mass is 16.5. The average Bonchev–Trinajstić information content (AvgIpc) is 2.70. The minimum atomic E-state index is -0.129. The molecule has 0 radical (unpaired) electrons. The van der Waals surface area contributed by atoms with Crippen LogP contribution in [0, 0.1) is 13.8 Å². The molecule has 0 saturated heterocycles. The molecule has 3 rings (SSSR count). The highest BCUT2D eigenvalue weighted by Crippen LogP contribution is 2.17. The molecule has 0 spiro atoms. The summed E-state index contributed by atoms with van der Waals surface area (Å²) in [5.74, 6) is 2.82. The lowest BCUT2D eigenvalue weighted by atomic mass is 10.2. The van der Waals surface area contributed by atoms with E-state index < -0.39 is 0 Å². The van der Waals surface area contributed by atoms with E-state index in [0.29, 0.717) is 30.2 Å². The Hall–Kier alpha value is -3.35. The van der Waals surface area contributed by atoms with Crippen LogP contribution in [0.15, 0.2) is 47.4 Å². The predicted molar refractivity (Wildman–Crippen MR) is 105 cm³/mol. The first kappa shape index (κ1) is 18.4. The van der Waals surface area contributed by atoms with Crippen LogP contribution in [-0.2, 0) is 0 Å². The van der Waals surface area contributed by atoms with Crippen molar-refractivity contribution in [3.8, 4) is 22.9 Å². The number of hydrogen-bond donors (Lipinski definition) is 2. The summed E-state index contributed by atoms with van der Waals surface area (Å²) in [5.41, 5.74) is 1.97. The second-order valence-electron chi connectivity index (χ2n) is 6.01. The quantitative estimate of drug-likeness (QED) is 0.625. The topological polar surface area (TPSA) is 89.1 Å². The van der Waals surface area contributed by atoms with Crippen molar-refractivity contribution in [2.45, 2.75) is 13.8 Å². The molecule has 0 saturated carbocycles. The van der Waals surface area contributed by atoms with E-state index in [1.165, 1.54) is 0 Å². The first-order chi connectivity index (χ1) is 13.1. The van der Waals surface area contributed by atoms with Crippen LogP contribution in [-0.4, -0.2) is 35.2 Å². The lowest BCUT2D eigenvalue weighted by Crippen LogP contribution is -2.14. The van der Waals surface area contributed by atoms with Gasteiger partial charge in [-0.05, 0) is 50.2 Å². The number of aromatic amines is 1. The van der Waals surface area contributed by atoms with Crippen LogP contribution in [0.3, 0.4) is 0 Å². The van der Waals surface area contributed by atoms with Gasteiger partial charge in [0.1, 0.15) is 29.7 Å². The van der Waals surface area contributed by atoms with E-state index in [4.69, 9.17) is 9.47 Å². The summed E-state index contributed by atoms with van der Waals surface area (Å²) in [7, 11) is 1.63. The third-order valence-electron chi connectivity index (χ3n) is 4.17. The Morgan fingerprint density at radius 1 is 1.07 bits per heavy atom. The Morgan fingerprint density at radius 2 is 1.81 bits per heavy atom. The van der Waals surface area contributed by atoms with E-state index in [1.807, 2.05) is 43.3 Å². The maximum Gasteiger partial charge on any atom is 0.254 e. The molecule has 7 nitrogen and oxygen atoms in total. The maximum absolute atomic E-state index is 11.9. The number of benzene rings is 1. The molecule has 27 heavy (non-hydrogen) atoms. The van der Waals surface area contributed by atoms with Crippen LogP contribution >= 0.6 is 0 Å². The number of H-pyrrole nitrogens is 1. The first-order valence-electron chi connectivity index (χ1n) is 8.61. The van der Waals surface area contributed by atoms with Crippen molar-refractivity contribution in [3.05, 3.63) is 64.2 Å². The monoisotopic (exact) mass is 366 g/mol. The van der Waals surface area contributed by atoms with Crippen LogP contribution in [0.5, 0.6) is 11.5 Å². The maximum atomic E-state index is 11.9. The summed E-state index contributed by atoms with van der Waals surface area (Å²) >= 11 is 0. The fraction of sp³-hybridized carbons (Fsp3) is 0.250. The summed E-state index contributed by atoms with van der Waals surface area (Å²) < 4.78 is 10.8. The number of ether oxygens (including phenoxy) is 2. The van der Waals surface area contributed by atoms with Crippen molar-refractivity contribution in [2.75, 3.05) is 25.6 Å². The fourth-order valence-electron chi connectivity index (χ4n) is 2.44. The minimum absolute atomic E-state index is 0.129. The van der Waals surface area contributed by atoms with Crippen molar-refractivity contribution >= 4 is 5.82 Å². The van der Waals surface area contributed by atoms with Gasteiger partial charge in [0.05, 0.1) is 13.7 Å². The SMILES string of the molecule is COc1ccc(OCCNc2ccc(-c3nc(C)c(C)c(=O)[nH]3)cn2)cc1. The third kappa shape index (κ3) is 4.63. The Morgan fingerprint density at radius 3 is 2.44 bits per heavy atom. The second kappa shape index (κ2) is 8.35. The van der Waals surface area contributed by atoms with E-state index in [0.717, 1.165) is 22.9 Å². The summed E-state index contributed by atoms with van der Waals surface area (Å²) in [6, 6.07) is 11.2. The van der Waals surface area contributed by atoms with Crippen LogP contribution in [0.2, 0.25) is 0 Å². The summed E-state index contributed by atoms with van der Waals surface area (Å²) in [5, 5.41) is 3.19. The average molecular weight is 366 g/mol. The van der Waals surface area contributed by atoms with E-state index in [9.17, 15) is 4.79 Å². The lowest BCUT2D eigenvalue weighted by Gasteiger charge is -2.09. The fourth-order valence-corrected chi connectivity index (χ4v) is 2.44. The number of nitrogens with zero attached hydrogens (tertiary/aromatic N) is 2. The van der Waals surface area contributed by atoms with Gasteiger partial charge in [0.2, 0.25) is 0 Å². The molecule has 0 aliphatic carbocycles. The zero-order chi connectivity index (χ0) is 19.2. The van der Waals surface area contributed by atoms with Gasteiger partial charge in [0.15, 0.2) is 0 Å². The number of methoxy groups -OCH3 is 1. The third-order valence-corrected chi connectivity index (χ3v) is 4.17. The Labute approximate surface area is 157 Å². The molecule has 2 N–H and O–H groups in total. The molecule has 0 atom stereocenters. The van der Waals surface area contributed by atoms with Crippen molar-refractivity contribution in [3.63, 3.8) is 0 Å². The smallest absolute Gasteiger partial charge is 0.254 e. The van der Waals surface area contributed by atoms with Gasteiger partial charge in [-0.25, -0.2) is 9.97 Å². The van der Waals surface area contributed by atoms with Crippen molar-refractivity contribution in [1.29, 1.82) is 0 Å². The van der Waals surface area contributed by atoms with Gasteiger partial charge < -0.3 is 19.8 Å². The van der Waals surface area contributed by atoms with Crippen LogP contribution < -0.4 is 20.3 Å². The number of aromatic nitrogens is 3. The normalized spacial score (nSPS) is 10.5. The molecule has 0 unspecified atom stereocenters. The minimum Gasteiger partial charge on any atom is -0.497 e. The zero-order valence-corrected chi connectivity index (χ0v) is 15.6. The predicted octanol–water partition coefficient (Wildman–Crippen LogP) is 2.95. The molecule has 2 aromatic heterocycles. The summed E-state index contributed by atoms with van der Waals surface area (Å²) in [6.45, 7) is 4.68. The van der Waals surface area contributed by atoms with Crippen LogP contribution in [0.1, 0.15) is 11.3 Å². The van der Waals surface area contributed by atoms with E-state index in [2.05, 4.69) is 20.3 Å². The molecule has 0 fully saturated rings. The standard InChI is InChI=1S/C20H22N4O3/c1-13-14(2)23-19(24-20(13)25)15-4-9-18(22-12-15)21-10-11-27-17-7-5-16(26-3)6-8-17/h4-9,12H,10-11H2,1-3H3,(H,21,22)(H,23,24,25). The van der Waals surface area contributed by atoms with E-state index >= 15 is 0 Å². The molecule has 7 heteroatoms. The van der Waals surface area contributed by atoms with Gasteiger partial charge in [-0.2, -0.15) is 0 Å². The molecule has 0 aliphatic heterocycles. The lowest BCUT2D eigenvalue weighted by molar-refractivity contribution is 0.331.